The summed E-state index contributed by atoms with van der Waals surface area (Å²) >= 11 is 0.474. The van der Waals surface area contributed by atoms with Gasteiger partial charge in [-0.2, -0.15) is 8.78 Å². The zero-order valence-electron chi connectivity index (χ0n) is 15.4. The van der Waals surface area contributed by atoms with E-state index in [2.05, 4.69) is 15.1 Å². The maximum absolute atomic E-state index is 13.1. The molecule has 0 aliphatic carbocycles. The van der Waals surface area contributed by atoms with Crippen LogP contribution in [0, 0.1) is 5.82 Å². The summed E-state index contributed by atoms with van der Waals surface area (Å²) in [7, 11) is 0. The number of anilines is 2. The Morgan fingerprint density at radius 2 is 1.61 bits per heavy atom. The maximum atomic E-state index is 13.1. The molecule has 8 heteroatoms. The van der Waals surface area contributed by atoms with Crippen LogP contribution in [0.2, 0.25) is 0 Å². The lowest BCUT2D eigenvalue weighted by Gasteiger charge is -2.38. The Morgan fingerprint density at radius 3 is 2.18 bits per heavy atom. The Bertz CT molecular complexity index is 778. The maximum Gasteiger partial charge on any atom is 0.288 e. The standard InChI is InChI=1S/C20H22F3N3OS/c1-14(19(27)24-16-4-8-18(9-5-16)28-20(22)23)25-10-12-26(13-11-25)17-6-2-15(21)3-7-17/h2-9,14,20H,10-13H2,1H3,(H,24,27)/t14-/m0/s1. The van der Waals surface area contributed by atoms with Gasteiger partial charge in [-0.05, 0) is 55.5 Å². The summed E-state index contributed by atoms with van der Waals surface area (Å²) in [6.07, 6.45) is 0. The van der Waals surface area contributed by atoms with E-state index in [4.69, 9.17) is 0 Å². The van der Waals surface area contributed by atoms with Crippen LogP contribution in [-0.2, 0) is 4.79 Å². The highest BCUT2D eigenvalue weighted by atomic mass is 32.2. The first-order valence-corrected chi connectivity index (χ1v) is 9.90. The van der Waals surface area contributed by atoms with Gasteiger partial charge in [-0.15, -0.1) is 0 Å². The van der Waals surface area contributed by atoms with E-state index in [9.17, 15) is 18.0 Å². The quantitative estimate of drug-likeness (QED) is 0.722. The monoisotopic (exact) mass is 409 g/mol. The van der Waals surface area contributed by atoms with E-state index in [0.29, 0.717) is 22.3 Å². The minimum atomic E-state index is -2.46. The zero-order chi connectivity index (χ0) is 20.1. The Kier molecular flexibility index (Phi) is 6.85. The second-order valence-electron chi connectivity index (χ2n) is 6.57. The molecular weight excluding hydrogens is 387 g/mol. The van der Waals surface area contributed by atoms with E-state index in [1.807, 2.05) is 6.92 Å². The van der Waals surface area contributed by atoms with Gasteiger partial charge in [-0.25, -0.2) is 4.39 Å². The van der Waals surface area contributed by atoms with Crippen molar-refractivity contribution >= 4 is 29.0 Å². The summed E-state index contributed by atoms with van der Waals surface area (Å²) in [5.74, 6) is -2.85. The fourth-order valence-corrected chi connectivity index (χ4v) is 3.65. The van der Waals surface area contributed by atoms with E-state index in [1.54, 1.807) is 36.4 Å². The summed E-state index contributed by atoms with van der Waals surface area (Å²) in [4.78, 5) is 17.2. The lowest BCUT2D eigenvalue weighted by molar-refractivity contribution is -0.120. The highest BCUT2D eigenvalue weighted by molar-refractivity contribution is 7.99. The first-order chi connectivity index (χ1) is 13.4. The number of benzene rings is 2. The number of amides is 1. The van der Waals surface area contributed by atoms with Crippen molar-refractivity contribution in [2.45, 2.75) is 23.6 Å². The molecule has 1 heterocycles. The van der Waals surface area contributed by atoms with Gasteiger partial charge in [0.1, 0.15) is 5.82 Å². The molecule has 0 saturated carbocycles. The molecule has 3 rings (SSSR count). The van der Waals surface area contributed by atoms with Gasteiger partial charge in [0.2, 0.25) is 5.91 Å². The second-order valence-corrected chi connectivity index (χ2v) is 7.63. The summed E-state index contributed by atoms with van der Waals surface area (Å²) in [5, 5.41) is 2.84. The molecule has 0 aromatic heterocycles. The topological polar surface area (TPSA) is 35.6 Å². The molecule has 2 aromatic carbocycles. The van der Waals surface area contributed by atoms with Gasteiger partial charge in [0, 0.05) is 42.4 Å². The van der Waals surface area contributed by atoms with Crippen molar-refractivity contribution in [3.05, 3.63) is 54.3 Å². The predicted octanol–water partition coefficient (Wildman–Crippen LogP) is 4.29. The lowest BCUT2D eigenvalue weighted by Crippen LogP contribution is -2.52. The van der Waals surface area contributed by atoms with Crippen molar-refractivity contribution in [1.29, 1.82) is 0 Å². The van der Waals surface area contributed by atoms with Crippen molar-refractivity contribution in [2.75, 3.05) is 36.4 Å². The van der Waals surface area contributed by atoms with Crippen molar-refractivity contribution in [2.24, 2.45) is 0 Å². The number of nitrogens with zero attached hydrogens (tertiary/aromatic N) is 2. The Labute approximate surface area is 166 Å². The van der Waals surface area contributed by atoms with E-state index in [0.717, 1.165) is 31.9 Å². The summed E-state index contributed by atoms with van der Waals surface area (Å²) in [6, 6.07) is 12.5. The van der Waals surface area contributed by atoms with Crippen LogP contribution in [0.3, 0.4) is 0 Å². The summed E-state index contributed by atoms with van der Waals surface area (Å²) in [5.41, 5.74) is 1.56. The van der Waals surface area contributed by atoms with Crippen LogP contribution in [0.15, 0.2) is 53.4 Å². The van der Waals surface area contributed by atoms with E-state index < -0.39 is 5.76 Å². The molecule has 1 amide bonds. The molecule has 150 valence electrons. The van der Waals surface area contributed by atoms with E-state index >= 15 is 0 Å². The molecule has 1 aliphatic rings. The Morgan fingerprint density at radius 1 is 1.00 bits per heavy atom. The molecule has 2 aromatic rings. The van der Waals surface area contributed by atoms with E-state index in [1.165, 1.54) is 12.1 Å². The molecule has 1 N–H and O–H groups in total. The molecule has 0 bridgehead atoms. The number of piperazine rings is 1. The smallest absolute Gasteiger partial charge is 0.288 e. The van der Waals surface area contributed by atoms with Crippen LogP contribution >= 0.6 is 11.8 Å². The van der Waals surface area contributed by atoms with Crippen molar-refractivity contribution in [3.8, 4) is 0 Å². The molecule has 1 fully saturated rings. The van der Waals surface area contributed by atoms with Gasteiger partial charge in [0.25, 0.3) is 5.76 Å². The third kappa shape index (κ3) is 5.42. The van der Waals surface area contributed by atoms with Crippen molar-refractivity contribution in [3.63, 3.8) is 0 Å². The molecule has 1 aliphatic heterocycles. The highest BCUT2D eigenvalue weighted by Crippen LogP contribution is 2.26. The third-order valence-corrected chi connectivity index (χ3v) is 5.50. The van der Waals surface area contributed by atoms with Crippen LogP contribution in [0.1, 0.15) is 6.92 Å². The number of nitrogens with one attached hydrogen (secondary N) is 1. The molecule has 4 nitrogen and oxygen atoms in total. The Balaban J connectivity index is 1.50. The minimum absolute atomic E-state index is 0.135. The first kappa shape index (κ1) is 20.5. The average Bonchev–Trinajstić information content (AvgIpc) is 2.69. The number of halogens is 3. The number of hydrogen-bond donors (Lipinski definition) is 1. The number of hydrogen-bond acceptors (Lipinski definition) is 4. The van der Waals surface area contributed by atoms with Crippen LogP contribution in [0.5, 0.6) is 0 Å². The Hall–Kier alpha value is -2.19. The summed E-state index contributed by atoms with van der Waals surface area (Å²) in [6.45, 7) is 4.79. The van der Waals surface area contributed by atoms with Crippen molar-refractivity contribution in [1.82, 2.24) is 4.90 Å². The first-order valence-electron chi connectivity index (χ1n) is 9.02. The average molecular weight is 409 g/mol. The number of thioether (sulfide) groups is 1. The third-order valence-electron chi connectivity index (χ3n) is 4.78. The van der Waals surface area contributed by atoms with Crippen molar-refractivity contribution < 1.29 is 18.0 Å². The molecular formula is C20H22F3N3OS. The highest BCUT2D eigenvalue weighted by Gasteiger charge is 2.25. The van der Waals surface area contributed by atoms with Gasteiger partial charge in [0.15, 0.2) is 0 Å². The number of rotatable bonds is 6. The van der Waals surface area contributed by atoms with Gasteiger partial charge in [-0.1, -0.05) is 11.8 Å². The second kappa shape index (κ2) is 9.34. The molecule has 28 heavy (non-hydrogen) atoms. The summed E-state index contributed by atoms with van der Waals surface area (Å²) < 4.78 is 37.8. The molecule has 0 spiro atoms. The van der Waals surface area contributed by atoms with Crippen LogP contribution in [0.25, 0.3) is 0 Å². The molecule has 0 radical (unpaired) electrons. The van der Waals surface area contributed by atoms with Gasteiger partial charge >= 0.3 is 0 Å². The minimum Gasteiger partial charge on any atom is -0.369 e. The molecule has 1 saturated heterocycles. The van der Waals surface area contributed by atoms with Gasteiger partial charge in [0.05, 0.1) is 6.04 Å². The normalized spacial score (nSPS) is 16.2. The lowest BCUT2D eigenvalue weighted by atomic mass is 10.2. The van der Waals surface area contributed by atoms with E-state index in [-0.39, 0.29) is 17.8 Å². The van der Waals surface area contributed by atoms with Gasteiger partial charge in [-0.3, -0.25) is 9.69 Å². The fourth-order valence-electron chi connectivity index (χ4n) is 3.15. The number of alkyl halides is 2. The number of carbonyl (C=O) groups excluding carboxylic acids is 1. The molecule has 1 atom stereocenters. The predicted molar refractivity (Wildman–Crippen MR) is 107 cm³/mol. The largest absolute Gasteiger partial charge is 0.369 e. The number of carbonyl (C=O) groups is 1. The fraction of sp³-hybridized carbons (Fsp3) is 0.350. The van der Waals surface area contributed by atoms with Crippen LogP contribution < -0.4 is 10.2 Å². The van der Waals surface area contributed by atoms with Crippen LogP contribution in [0.4, 0.5) is 24.5 Å². The zero-order valence-corrected chi connectivity index (χ0v) is 16.3. The SMILES string of the molecule is C[C@@H](C(=O)Nc1ccc(SC(F)F)cc1)N1CCN(c2ccc(F)cc2)CC1. The van der Waals surface area contributed by atoms with Gasteiger partial charge < -0.3 is 10.2 Å². The van der Waals surface area contributed by atoms with Crippen LogP contribution in [-0.4, -0.2) is 48.8 Å². The molecule has 0 unspecified atom stereocenters.